The average Bonchev–Trinajstić information content (AvgIpc) is 3.85. The molecule has 5 aromatic rings. The van der Waals surface area contributed by atoms with Crippen molar-refractivity contribution in [3.05, 3.63) is 76.3 Å². The molecule has 0 bridgehead atoms. The van der Waals surface area contributed by atoms with E-state index in [9.17, 15) is 38.0 Å². The van der Waals surface area contributed by atoms with Gasteiger partial charge in [0, 0.05) is 70.7 Å². The number of urea groups is 1. The van der Waals surface area contributed by atoms with Crippen LogP contribution in [-0.2, 0) is 26.8 Å². The van der Waals surface area contributed by atoms with Gasteiger partial charge in [0.05, 0.1) is 52.2 Å². The highest BCUT2D eigenvalue weighted by molar-refractivity contribution is 7.90. The zero-order chi connectivity index (χ0) is 48.7. The lowest BCUT2D eigenvalue weighted by Crippen LogP contribution is -2.53. The molecule has 5 N–H and O–H groups in total. The Kier molecular flexibility index (Phi) is 13.2. The monoisotopic (exact) mass is 958 g/mol. The molecule has 0 aliphatic carbocycles. The van der Waals surface area contributed by atoms with Gasteiger partial charge in [-0.3, -0.25) is 39.0 Å². The van der Waals surface area contributed by atoms with E-state index in [0.29, 0.717) is 74.1 Å². The summed E-state index contributed by atoms with van der Waals surface area (Å²) in [4.78, 5) is 59.6. The number of carbonyl (C=O) groups is 3. The standard InChI is InChI=1S/C45H52F2N12O8S/c1-5-38(60)51-43(63)52-41-30-20-33(47)37(21-36(30)56(4)53-41)57-17-13-45(64,14-18-57)23-39(61)58-15-11-44(12-16-58)22-27(25-50-44)59-26-49-34-9-7-28(19-29(34)42(59)62)67-40-31(24-48)35(10-8-32(40)46)54-68(65,66)55(3)6-2/h7-10,19-21,26-27,50,54,64H,5-6,11-18,22-23,25H2,1-4H3,(H2,51,52,53,60,63)/t27-/m1/s1. The molecule has 0 unspecified atom stereocenters. The number of amides is 4. The number of nitrogens with zero attached hydrogens (tertiary/aromatic N) is 8. The van der Waals surface area contributed by atoms with Crippen LogP contribution in [0.2, 0.25) is 0 Å². The van der Waals surface area contributed by atoms with Gasteiger partial charge in [0.2, 0.25) is 11.8 Å². The van der Waals surface area contributed by atoms with Crippen LogP contribution < -0.4 is 35.9 Å². The minimum Gasteiger partial charge on any atom is -0.453 e. The van der Waals surface area contributed by atoms with Crippen molar-refractivity contribution in [2.75, 3.05) is 61.3 Å². The number of hydrogen-bond acceptors (Lipinski definition) is 13. The molecule has 1 spiro atoms. The van der Waals surface area contributed by atoms with Crippen LogP contribution in [0.1, 0.15) is 70.4 Å². The molecule has 23 heteroatoms. The molecular weight excluding hydrogens is 907 g/mol. The number of aliphatic hydroxyl groups is 1. The van der Waals surface area contributed by atoms with Crippen LogP contribution in [-0.4, -0.2) is 117 Å². The SMILES string of the molecule is CCC(=O)NC(=O)Nc1nn(C)c2cc(N3CCC(O)(CC(=O)N4CCC5(CC4)C[C@@H](n4cnc6ccc(Oc7c(F)ccc(NS(=O)(=O)N(C)CC)c7C#N)cc6c4=O)CN5)CC3)c(F)cc12. The summed E-state index contributed by atoms with van der Waals surface area (Å²) in [6.07, 6.45) is 3.78. The first-order valence-corrected chi connectivity index (χ1v) is 23.7. The maximum atomic E-state index is 15.6. The average molecular weight is 959 g/mol. The molecule has 20 nitrogen and oxygen atoms in total. The van der Waals surface area contributed by atoms with E-state index in [1.807, 2.05) is 11.0 Å². The number of ether oxygens (including phenoxy) is 1. The summed E-state index contributed by atoms with van der Waals surface area (Å²) in [7, 11) is -1.04. The van der Waals surface area contributed by atoms with E-state index >= 15 is 8.78 Å². The van der Waals surface area contributed by atoms with Gasteiger partial charge in [-0.2, -0.15) is 23.1 Å². The molecule has 1 atom stereocenters. The van der Waals surface area contributed by atoms with Crippen molar-refractivity contribution < 1.29 is 41.4 Å². The number of benzene rings is 3. The van der Waals surface area contributed by atoms with Gasteiger partial charge in [-0.15, -0.1) is 0 Å². The summed E-state index contributed by atoms with van der Waals surface area (Å²) in [5.74, 6) is -2.51. The zero-order valence-corrected chi connectivity index (χ0v) is 38.8. The third-order valence-corrected chi connectivity index (χ3v) is 14.9. The molecule has 8 rings (SSSR count). The number of hydrogen-bond donors (Lipinski definition) is 5. The Morgan fingerprint density at radius 1 is 1.03 bits per heavy atom. The zero-order valence-electron chi connectivity index (χ0n) is 37.9. The minimum atomic E-state index is -4.04. The highest BCUT2D eigenvalue weighted by atomic mass is 32.2. The summed E-state index contributed by atoms with van der Waals surface area (Å²) in [6.45, 7) is 5.31. The van der Waals surface area contributed by atoms with Gasteiger partial charge in [0.1, 0.15) is 23.2 Å². The molecule has 3 saturated heterocycles. The first kappa shape index (κ1) is 47.7. The second-order valence-corrected chi connectivity index (χ2v) is 19.4. The Morgan fingerprint density at radius 3 is 2.46 bits per heavy atom. The Labute approximate surface area is 390 Å². The highest BCUT2D eigenvalue weighted by Gasteiger charge is 2.44. The van der Waals surface area contributed by atoms with Crippen LogP contribution in [0.5, 0.6) is 11.5 Å². The molecule has 0 saturated carbocycles. The van der Waals surface area contributed by atoms with Crippen molar-refractivity contribution >= 4 is 67.1 Å². The number of aryl methyl sites for hydroxylation is 1. The lowest BCUT2D eigenvalue weighted by atomic mass is 9.84. The van der Waals surface area contributed by atoms with Crippen molar-refractivity contribution in [1.29, 1.82) is 5.26 Å². The topological polar surface area (TPSA) is 249 Å². The van der Waals surface area contributed by atoms with Crippen molar-refractivity contribution in [1.82, 2.24) is 39.2 Å². The van der Waals surface area contributed by atoms with E-state index in [1.165, 1.54) is 42.3 Å². The fraction of sp³-hybridized carbons (Fsp3) is 0.444. The van der Waals surface area contributed by atoms with Gasteiger partial charge >= 0.3 is 16.2 Å². The molecule has 3 aliphatic rings. The Hall–Kier alpha value is -6.74. The van der Waals surface area contributed by atoms with Crippen LogP contribution >= 0.6 is 0 Å². The quantitative estimate of drug-likeness (QED) is 0.118. The number of nitrogens with one attached hydrogen (secondary N) is 4. The maximum Gasteiger partial charge on any atom is 0.327 e. The van der Waals surface area contributed by atoms with Crippen molar-refractivity contribution in [2.45, 2.75) is 76.0 Å². The van der Waals surface area contributed by atoms with E-state index in [-0.39, 0.29) is 83.5 Å². The molecular formula is C45H52F2N12O8S. The first-order valence-electron chi connectivity index (χ1n) is 22.3. The third-order valence-electron chi connectivity index (χ3n) is 13.3. The van der Waals surface area contributed by atoms with Crippen LogP contribution in [0.25, 0.3) is 21.8 Å². The van der Waals surface area contributed by atoms with Gasteiger partial charge in [0.25, 0.3) is 5.56 Å². The van der Waals surface area contributed by atoms with E-state index < -0.39 is 45.1 Å². The fourth-order valence-corrected chi connectivity index (χ4v) is 10.1. The van der Waals surface area contributed by atoms with Crippen LogP contribution in [0, 0.1) is 23.0 Å². The van der Waals surface area contributed by atoms with Crippen molar-refractivity contribution in [3.8, 4) is 17.6 Å². The molecule has 3 aromatic carbocycles. The molecule has 3 fully saturated rings. The smallest absolute Gasteiger partial charge is 0.327 e. The Bertz CT molecular complexity index is 3030. The fourth-order valence-electron chi connectivity index (χ4n) is 9.18. The highest BCUT2D eigenvalue weighted by Crippen LogP contribution is 2.39. The number of aromatic nitrogens is 4. The molecule has 0 radical (unpaired) electrons. The van der Waals surface area contributed by atoms with Gasteiger partial charge in [0.15, 0.2) is 17.4 Å². The van der Waals surface area contributed by atoms with E-state index in [1.54, 1.807) is 36.4 Å². The molecule has 68 heavy (non-hydrogen) atoms. The number of piperidine rings is 2. The predicted octanol–water partition coefficient (Wildman–Crippen LogP) is 4.21. The first-order chi connectivity index (χ1) is 32.3. The number of carbonyl (C=O) groups excluding carboxylic acids is 3. The van der Waals surface area contributed by atoms with Crippen molar-refractivity contribution in [2.24, 2.45) is 7.05 Å². The molecule has 4 amide bonds. The number of halogens is 2. The summed E-state index contributed by atoms with van der Waals surface area (Å²) in [5.41, 5.74) is -1.37. The number of anilines is 3. The van der Waals surface area contributed by atoms with Crippen LogP contribution in [0.3, 0.4) is 0 Å². The molecule has 3 aliphatic heterocycles. The lowest BCUT2D eigenvalue weighted by molar-refractivity contribution is -0.139. The number of rotatable bonds is 12. The number of imide groups is 1. The van der Waals surface area contributed by atoms with Crippen LogP contribution in [0.15, 0.2) is 53.6 Å². The van der Waals surface area contributed by atoms with Crippen molar-refractivity contribution in [3.63, 3.8) is 0 Å². The van der Waals surface area contributed by atoms with Gasteiger partial charge < -0.3 is 25.0 Å². The van der Waals surface area contributed by atoms with Gasteiger partial charge in [-0.1, -0.05) is 13.8 Å². The molecule has 360 valence electrons. The number of fused-ring (bicyclic) bond motifs is 2. The van der Waals surface area contributed by atoms with Crippen LogP contribution in [0.4, 0.5) is 30.8 Å². The molecule has 5 heterocycles. The summed E-state index contributed by atoms with van der Waals surface area (Å²) in [5, 5.41) is 34.6. The number of likely N-dealkylation sites (tertiary alicyclic amines) is 1. The number of nitriles is 1. The Morgan fingerprint density at radius 2 is 1.76 bits per heavy atom. The second-order valence-electron chi connectivity index (χ2n) is 17.6. The summed E-state index contributed by atoms with van der Waals surface area (Å²) in [6, 6.07) is 10.2. The summed E-state index contributed by atoms with van der Waals surface area (Å²) < 4.78 is 68.3. The Balaban J connectivity index is 0.873. The predicted molar refractivity (Wildman–Crippen MR) is 247 cm³/mol. The lowest BCUT2D eigenvalue weighted by Gasteiger charge is -2.42. The largest absolute Gasteiger partial charge is 0.453 e. The third kappa shape index (κ3) is 9.53. The summed E-state index contributed by atoms with van der Waals surface area (Å²) >= 11 is 0. The second kappa shape index (κ2) is 18.7. The van der Waals surface area contributed by atoms with Gasteiger partial charge in [-0.05, 0) is 74.6 Å². The van der Waals surface area contributed by atoms with E-state index in [2.05, 4.69) is 30.8 Å². The normalized spacial score (nSPS) is 18.0. The van der Waals surface area contributed by atoms with E-state index in [0.717, 1.165) is 16.4 Å². The van der Waals surface area contributed by atoms with Gasteiger partial charge in [-0.25, -0.2) is 18.6 Å². The molecule has 2 aromatic heterocycles. The minimum absolute atomic E-state index is 0.0281. The van der Waals surface area contributed by atoms with E-state index in [4.69, 9.17) is 4.74 Å². The maximum absolute atomic E-state index is 15.6.